The summed E-state index contributed by atoms with van der Waals surface area (Å²) in [4.78, 5) is 42.6. The Morgan fingerprint density at radius 2 is 1.76 bits per heavy atom. The molecule has 0 aliphatic carbocycles. The van der Waals surface area contributed by atoms with Crippen molar-refractivity contribution in [1.82, 2.24) is 9.97 Å². The van der Waals surface area contributed by atoms with E-state index in [2.05, 4.69) is 9.97 Å². The standard InChI is InChI=1S/C18H17N3O4/c1-21(2)13-5-3-4-12(8-13)17(23)25-10-16(22)11-6-7-14-15(9-11)20-18(24)19-14/h3-9H,10H2,1-2H3,(H2,19,20,24). The predicted octanol–water partition coefficient (Wildman–Crippen LogP) is 1.96. The Bertz CT molecular complexity index is 1000. The molecule has 7 heteroatoms. The van der Waals surface area contributed by atoms with Crippen LogP contribution in [0.3, 0.4) is 0 Å². The van der Waals surface area contributed by atoms with E-state index >= 15 is 0 Å². The number of carbonyl (C=O) groups is 2. The summed E-state index contributed by atoms with van der Waals surface area (Å²) >= 11 is 0. The average molecular weight is 339 g/mol. The van der Waals surface area contributed by atoms with E-state index in [1.165, 1.54) is 0 Å². The quantitative estimate of drug-likeness (QED) is 0.547. The number of imidazole rings is 1. The number of nitrogens with zero attached hydrogens (tertiary/aromatic N) is 1. The Balaban J connectivity index is 1.69. The summed E-state index contributed by atoms with van der Waals surface area (Å²) < 4.78 is 5.11. The number of fused-ring (bicyclic) bond motifs is 1. The van der Waals surface area contributed by atoms with Crippen LogP contribution in [0, 0.1) is 0 Å². The SMILES string of the molecule is CN(C)c1cccc(C(=O)OCC(=O)c2ccc3[nH]c(=O)[nH]c3c2)c1. The molecule has 3 rings (SSSR count). The summed E-state index contributed by atoms with van der Waals surface area (Å²) in [6.07, 6.45) is 0. The second kappa shape index (κ2) is 6.64. The zero-order chi connectivity index (χ0) is 18.0. The minimum atomic E-state index is -0.562. The molecule has 0 fully saturated rings. The number of hydrogen-bond acceptors (Lipinski definition) is 5. The topological polar surface area (TPSA) is 95.3 Å². The van der Waals surface area contributed by atoms with Gasteiger partial charge in [0.25, 0.3) is 0 Å². The molecule has 0 saturated carbocycles. The Kier molecular flexibility index (Phi) is 4.38. The number of aromatic amines is 2. The second-order valence-electron chi connectivity index (χ2n) is 5.78. The Labute approximate surface area is 143 Å². The van der Waals surface area contributed by atoms with Crippen molar-refractivity contribution in [3.8, 4) is 0 Å². The molecule has 2 aromatic carbocycles. The summed E-state index contributed by atoms with van der Waals surface area (Å²) in [5, 5.41) is 0. The molecule has 25 heavy (non-hydrogen) atoms. The molecule has 0 radical (unpaired) electrons. The number of benzene rings is 2. The Hall–Kier alpha value is -3.35. The molecule has 0 saturated heterocycles. The number of aromatic nitrogens is 2. The van der Waals surface area contributed by atoms with Gasteiger partial charge in [0.1, 0.15) is 0 Å². The van der Waals surface area contributed by atoms with Crippen LogP contribution in [0.2, 0.25) is 0 Å². The third-order valence-electron chi connectivity index (χ3n) is 3.77. The van der Waals surface area contributed by atoms with Crippen molar-refractivity contribution >= 4 is 28.5 Å². The summed E-state index contributed by atoms with van der Waals surface area (Å²) in [6, 6.07) is 11.7. The van der Waals surface area contributed by atoms with E-state index in [0.29, 0.717) is 22.2 Å². The number of hydrogen-bond donors (Lipinski definition) is 2. The monoisotopic (exact) mass is 339 g/mol. The van der Waals surface area contributed by atoms with Gasteiger partial charge in [0, 0.05) is 25.3 Å². The van der Waals surface area contributed by atoms with Crippen LogP contribution >= 0.6 is 0 Å². The van der Waals surface area contributed by atoms with Crippen molar-refractivity contribution in [2.45, 2.75) is 0 Å². The second-order valence-corrected chi connectivity index (χ2v) is 5.78. The van der Waals surface area contributed by atoms with E-state index in [1.54, 1.807) is 36.4 Å². The number of anilines is 1. The molecule has 2 N–H and O–H groups in total. The highest BCUT2D eigenvalue weighted by molar-refractivity contribution is 6.01. The third kappa shape index (κ3) is 3.60. The first-order valence-corrected chi connectivity index (χ1v) is 7.64. The number of nitrogens with one attached hydrogen (secondary N) is 2. The number of esters is 1. The molecule has 1 aromatic heterocycles. The van der Waals surface area contributed by atoms with Crippen LogP contribution in [-0.2, 0) is 4.74 Å². The Morgan fingerprint density at radius 1 is 1.00 bits per heavy atom. The average Bonchev–Trinajstić information content (AvgIpc) is 2.98. The van der Waals surface area contributed by atoms with Gasteiger partial charge in [-0.25, -0.2) is 9.59 Å². The van der Waals surface area contributed by atoms with Crippen LogP contribution in [0.25, 0.3) is 11.0 Å². The molecule has 0 amide bonds. The number of H-pyrrole nitrogens is 2. The van der Waals surface area contributed by atoms with E-state index < -0.39 is 5.97 Å². The van der Waals surface area contributed by atoms with Crippen LogP contribution in [0.5, 0.6) is 0 Å². The predicted molar refractivity (Wildman–Crippen MR) is 94.3 cm³/mol. The number of ether oxygens (including phenoxy) is 1. The highest BCUT2D eigenvalue weighted by Gasteiger charge is 2.13. The molecule has 7 nitrogen and oxygen atoms in total. The van der Waals surface area contributed by atoms with Crippen molar-refractivity contribution in [3.63, 3.8) is 0 Å². The van der Waals surface area contributed by atoms with E-state index in [1.807, 2.05) is 25.1 Å². The van der Waals surface area contributed by atoms with Crippen molar-refractivity contribution in [2.24, 2.45) is 0 Å². The van der Waals surface area contributed by atoms with Crippen molar-refractivity contribution in [2.75, 3.05) is 25.6 Å². The molecule has 0 aliphatic heterocycles. The zero-order valence-corrected chi connectivity index (χ0v) is 13.8. The first kappa shape index (κ1) is 16.5. The van der Waals surface area contributed by atoms with Gasteiger partial charge >= 0.3 is 11.7 Å². The molecular formula is C18H17N3O4. The highest BCUT2D eigenvalue weighted by atomic mass is 16.5. The summed E-state index contributed by atoms with van der Waals surface area (Å²) in [6.45, 7) is -0.370. The lowest BCUT2D eigenvalue weighted by molar-refractivity contribution is 0.0475. The number of carbonyl (C=O) groups excluding carboxylic acids is 2. The molecule has 0 unspecified atom stereocenters. The summed E-state index contributed by atoms with van der Waals surface area (Å²) in [7, 11) is 3.74. The molecule has 0 aliphatic rings. The summed E-state index contributed by atoms with van der Waals surface area (Å²) in [5.74, 6) is -0.908. The fourth-order valence-electron chi connectivity index (χ4n) is 2.41. The van der Waals surface area contributed by atoms with Gasteiger partial charge in [-0.2, -0.15) is 0 Å². The smallest absolute Gasteiger partial charge is 0.338 e. The van der Waals surface area contributed by atoms with Gasteiger partial charge in [0.15, 0.2) is 12.4 Å². The number of ketones is 1. The van der Waals surface area contributed by atoms with Crippen molar-refractivity contribution in [3.05, 3.63) is 64.1 Å². The zero-order valence-electron chi connectivity index (χ0n) is 13.8. The minimum absolute atomic E-state index is 0.341. The van der Waals surface area contributed by atoms with Gasteiger partial charge in [-0.3, -0.25) is 4.79 Å². The van der Waals surface area contributed by atoms with Gasteiger partial charge in [-0.15, -0.1) is 0 Å². The molecule has 0 atom stereocenters. The first-order valence-electron chi connectivity index (χ1n) is 7.64. The van der Waals surface area contributed by atoms with Gasteiger partial charge in [0.2, 0.25) is 0 Å². The van der Waals surface area contributed by atoms with Gasteiger partial charge in [0.05, 0.1) is 16.6 Å². The van der Waals surface area contributed by atoms with Crippen LogP contribution in [0.4, 0.5) is 5.69 Å². The van der Waals surface area contributed by atoms with Crippen LogP contribution in [0.1, 0.15) is 20.7 Å². The maximum atomic E-state index is 12.2. The van der Waals surface area contributed by atoms with E-state index in [9.17, 15) is 14.4 Å². The van der Waals surface area contributed by atoms with E-state index in [0.717, 1.165) is 5.69 Å². The molecule has 0 bridgehead atoms. The molecule has 1 heterocycles. The largest absolute Gasteiger partial charge is 0.454 e. The molecule has 3 aromatic rings. The van der Waals surface area contributed by atoms with Gasteiger partial charge < -0.3 is 19.6 Å². The van der Waals surface area contributed by atoms with E-state index in [-0.39, 0.29) is 18.1 Å². The van der Waals surface area contributed by atoms with E-state index in [4.69, 9.17) is 4.74 Å². The fraction of sp³-hybridized carbons (Fsp3) is 0.167. The first-order chi connectivity index (χ1) is 11.9. The maximum Gasteiger partial charge on any atom is 0.338 e. The third-order valence-corrected chi connectivity index (χ3v) is 3.77. The summed E-state index contributed by atoms with van der Waals surface area (Å²) in [5.41, 5.74) is 2.40. The lowest BCUT2D eigenvalue weighted by atomic mass is 10.1. The lowest BCUT2D eigenvalue weighted by Gasteiger charge is -2.13. The number of Topliss-reactive ketones (excluding diaryl/α,β-unsaturated/α-hetero) is 1. The molecule has 0 spiro atoms. The fourth-order valence-corrected chi connectivity index (χ4v) is 2.41. The lowest BCUT2D eigenvalue weighted by Crippen LogP contribution is -2.15. The highest BCUT2D eigenvalue weighted by Crippen LogP contribution is 2.15. The maximum absolute atomic E-state index is 12.2. The minimum Gasteiger partial charge on any atom is -0.454 e. The van der Waals surface area contributed by atoms with Crippen molar-refractivity contribution in [1.29, 1.82) is 0 Å². The van der Waals surface area contributed by atoms with Gasteiger partial charge in [-0.1, -0.05) is 6.07 Å². The van der Waals surface area contributed by atoms with Crippen LogP contribution < -0.4 is 10.6 Å². The van der Waals surface area contributed by atoms with Crippen LogP contribution in [-0.4, -0.2) is 42.4 Å². The molecule has 128 valence electrons. The normalized spacial score (nSPS) is 10.6. The Morgan fingerprint density at radius 3 is 2.52 bits per heavy atom. The van der Waals surface area contributed by atoms with Crippen molar-refractivity contribution < 1.29 is 14.3 Å². The van der Waals surface area contributed by atoms with Gasteiger partial charge in [-0.05, 0) is 36.4 Å². The molecular weight excluding hydrogens is 322 g/mol. The van der Waals surface area contributed by atoms with Crippen LogP contribution in [0.15, 0.2) is 47.3 Å². The number of rotatable bonds is 5.